The highest BCUT2D eigenvalue weighted by atomic mass is 16.6. The summed E-state index contributed by atoms with van der Waals surface area (Å²) in [6.45, 7) is 0. The Bertz CT molecular complexity index is 861. The van der Waals surface area contributed by atoms with Gasteiger partial charge in [0.25, 0.3) is 0 Å². The zero-order chi connectivity index (χ0) is 14.1. The van der Waals surface area contributed by atoms with Crippen molar-refractivity contribution in [2.24, 2.45) is 0 Å². The van der Waals surface area contributed by atoms with Gasteiger partial charge in [-0.2, -0.15) is 10.4 Å². The standard InChI is InChI=1S/C14H8N4O2/c15-7-10-5-6-14(13-4-2-1-3-12(10)13)17-9-11(8-16-17)18(19)20/h1-6,8-9H. The van der Waals surface area contributed by atoms with E-state index in [0.29, 0.717) is 11.3 Å². The van der Waals surface area contributed by atoms with E-state index in [1.54, 1.807) is 12.1 Å². The third-order valence-corrected chi connectivity index (χ3v) is 3.05. The van der Waals surface area contributed by atoms with Gasteiger partial charge in [-0.25, -0.2) is 4.68 Å². The second kappa shape index (κ2) is 4.48. The van der Waals surface area contributed by atoms with Gasteiger partial charge in [0.2, 0.25) is 0 Å². The Hall–Kier alpha value is -3.20. The molecule has 0 saturated heterocycles. The molecule has 0 atom stereocenters. The first-order valence-electron chi connectivity index (χ1n) is 5.82. The topological polar surface area (TPSA) is 84.8 Å². The molecule has 0 saturated carbocycles. The normalized spacial score (nSPS) is 10.3. The van der Waals surface area contributed by atoms with Crippen LogP contribution >= 0.6 is 0 Å². The molecule has 0 bridgehead atoms. The molecular formula is C14H8N4O2. The van der Waals surface area contributed by atoms with Gasteiger partial charge >= 0.3 is 5.69 Å². The van der Waals surface area contributed by atoms with Crippen LogP contribution in [0.2, 0.25) is 0 Å². The summed E-state index contributed by atoms with van der Waals surface area (Å²) in [6, 6.07) is 13.0. The number of fused-ring (bicyclic) bond motifs is 1. The summed E-state index contributed by atoms with van der Waals surface area (Å²) in [6.07, 6.45) is 2.56. The van der Waals surface area contributed by atoms with Crippen molar-refractivity contribution in [3.8, 4) is 11.8 Å². The van der Waals surface area contributed by atoms with E-state index in [-0.39, 0.29) is 5.69 Å². The van der Waals surface area contributed by atoms with E-state index in [0.717, 1.165) is 10.8 Å². The van der Waals surface area contributed by atoms with E-state index in [2.05, 4.69) is 11.2 Å². The van der Waals surface area contributed by atoms with E-state index in [1.165, 1.54) is 17.1 Å². The first-order valence-corrected chi connectivity index (χ1v) is 5.82. The quantitative estimate of drug-likeness (QED) is 0.526. The molecule has 6 nitrogen and oxygen atoms in total. The Morgan fingerprint density at radius 2 is 1.95 bits per heavy atom. The first kappa shape index (κ1) is 11.9. The zero-order valence-electron chi connectivity index (χ0n) is 10.2. The van der Waals surface area contributed by atoms with E-state index < -0.39 is 4.92 Å². The maximum Gasteiger partial charge on any atom is 0.307 e. The molecule has 0 aliphatic carbocycles. The average molecular weight is 264 g/mol. The van der Waals surface area contributed by atoms with Crippen LogP contribution < -0.4 is 0 Å². The van der Waals surface area contributed by atoms with Crippen LogP contribution in [0.4, 0.5) is 5.69 Å². The summed E-state index contributed by atoms with van der Waals surface area (Å²) >= 11 is 0. The van der Waals surface area contributed by atoms with Gasteiger partial charge in [0, 0.05) is 10.8 Å². The van der Waals surface area contributed by atoms with Gasteiger partial charge in [-0.3, -0.25) is 10.1 Å². The zero-order valence-corrected chi connectivity index (χ0v) is 10.2. The fraction of sp³-hybridized carbons (Fsp3) is 0. The van der Waals surface area contributed by atoms with Crippen molar-refractivity contribution >= 4 is 16.5 Å². The van der Waals surface area contributed by atoms with Crippen LogP contribution in [0.25, 0.3) is 16.5 Å². The molecule has 0 unspecified atom stereocenters. The fourth-order valence-electron chi connectivity index (χ4n) is 2.12. The molecular weight excluding hydrogens is 256 g/mol. The molecule has 3 aromatic rings. The fourth-order valence-corrected chi connectivity index (χ4v) is 2.12. The summed E-state index contributed by atoms with van der Waals surface area (Å²) in [7, 11) is 0. The summed E-state index contributed by atoms with van der Waals surface area (Å²) in [5, 5.41) is 25.5. The molecule has 96 valence electrons. The molecule has 0 spiro atoms. The van der Waals surface area contributed by atoms with E-state index in [9.17, 15) is 10.1 Å². The van der Waals surface area contributed by atoms with Crippen molar-refractivity contribution in [1.82, 2.24) is 9.78 Å². The molecule has 2 aromatic carbocycles. The highest BCUT2D eigenvalue weighted by Gasteiger charge is 2.12. The molecule has 0 fully saturated rings. The maximum atomic E-state index is 10.7. The van der Waals surface area contributed by atoms with Crippen LogP contribution in [-0.4, -0.2) is 14.7 Å². The number of nitriles is 1. The number of nitrogens with zero attached hydrogens (tertiary/aromatic N) is 4. The number of hydrogen-bond donors (Lipinski definition) is 0. The lowest BCUT2D eigenvalue weighted by atomic mass is 10.0. The van der Waals surface area contributed by atoms with Crippen LogP contribution in [0.3, 0.4) is 0 Å². The Kier molecular flexibility index (Phi) is 2.66. The minimum atomic E-state index is -0.491. The predicted octanol–water partition coefficient (Wildman–Crippen LogP) is 2.81. The van der Waals surface area contributed by atoms with Crippen LogP contribution in [0.1, 0.15) is 5.56 Å². The first-order chi connectivity index (χ1) is 9.70. The maximum absolute atomic E-state index is 10.7. The monoisotopic (exact) mass is 264 g/mol. The minimum absolute atomic E-state index is 0.0709. The molecule has 0 aliphatic heterocycles. The summed E-state index contributed by atoms with van der Waals surface area (Å²) in [5.41, 5.74) is 1.19. The summed E-state index contributed by atoms with van der Waals surface area (Å²) in [5.74, 6) is 0. The third kappa shape index (κ3) is 1.78. The number of rotatable bonds is 2. The van der Waals surface area contributed by atoms with Gasteiger partial charge in [-0.15, -0.1) is 0 Å². The molecule has 1 aromatic heterocycles. The van der Waals surface area contributed by atoms with Crippen LogP contribution in [0, 0.1) is 21.4 Å². The molecule has 20 heavy (non-hydrogen) atoms. The number of benzene rings is 2. The van der Waals surface area contributed by atoms with Gasteiger partial charge in [0.05, 0.1) is 22.2 Å². The summed E-state index contributed by atoms with van der Waals surface area (Å²) < 4.78 is 1.45. The van der Waals surface area contributed by atoms with Crippen LogP contribution in [0.15, 0.2) is 48.8 Å². The van der Waals surface area contributed by atoms with Gasteiger partial charge in [-0.05, 0) is 12.1 Å². The van der Waals surface area contributed by atoms with Crippen molar-refractivity contribution in [2.75, 3.05) is 0 Å². The van der Waals surface area contributed by atoms with Crippen LogP contribution in [-0.2, 0) is 0 Å². The van der Waals surface area contributed by atoms with Gasteiger partial charge in [0.15, 0.2) is 0 Å². The highest BCUT2D eigenvalue weighted by molar-refractivity contribution is 5.94. The third-order valence-electron chi connectivity index (χ3n) is 3.05. The average Bonchev–Trinajstić information content (AvgIpc) is 2.96. The van der Waals surface area contributed by atoms with E-state index >= 15 is 0 Å². The van der Waals surface area contributed by atoms with Crippen molar-refractivity contribution < 1.29 is 4.92 Å². The van der Waals surface area contributed by atoms with Gasteiger partial charge in [-0.1, -0.05) is 24.3 Å². The highest BCUT2D eigenvalue weighted by Crippen LogP contribution is 2.25. The lowest BCUT2D eigenvalue weighted by molar-refractivity contribution is -0.384. The van der Waals surface area contributed by atoms with Gasteiger partial charge < -0.3 is 0 Å². The SMILES string of the molecule is N#Cc1ccc(-n2cc([N+](=O)[O-])cn2)c2ccccc12. The van der Waals surface area contributed by atoms with E-state index in [4.69, 9.17) is 5.26 Å². The smallest absolute Gasteiger partial charge is 0.258 e. The number of hydrogen-bond acceptors (Lipinski definition) is 4. The second-order valence-corrected chi connectivity index (χ2v) is 4.19. The summed E-state index contributed by atoms with van der Waals surface area (Å²) in [4.78, 5) is 10.2. The van der Waals surface area contributed by atoms with Crippen molar-refractivity contribution in [1.29, 1.82) is 5.26 Å². The largest absolute Gasteiger partial charge is 0.307 e. The molecule has 1 heterocycles. The second-order valence-electron chi connectivity index (χ2n) is 4.19. The molecule has 6 heteroatoms. The number of aromatic nitrogens is 2. The molecule has 3 rings (SSSR count). The molecule has 0 N–H and O–H groups in total. The molecule has 0 aliphatic rings. The predicted molar refractivity (Wildman–Crippen MR) is 72.4 cm³/mol. The number of nitro groups is 1. The Balaban J connectivity index is 2.26. The minimum Gasteiger partial charge on any atom is -0.258 e. The Morgan fingerprint density at radius 1 is 1.20 bits per heavy atom. The molecule has 0 radical (unpaired) electrons. The lowest BCUT2D eigenvalue weighted by Gasteiger charge is -2.07. The Morgan fingerprint density at radius 3 is 2.60 bits per heavy atom. The molecule has 0 amide bonds. The van der Waals surface area contributed by atoms with E-state index in [1.807, 2.05) is 24.3 Å². The van der Waals surface area contributed by atoms with Crippen LogP contribution in [0.5, 0.6) is 0 Å². The van der Waals surface area contributed by atoms with Gasteiger partial charge in [0.1, 0.15) is 12.4 Å². The Labute approximate surface area is 113 Å². The van der Waals surface area contributed by atoms with Crippen molar-refractivity contribution in [2.45, 2.75) is 0 Å². The van der Waals surface area contributed by atoms with Crippen molar-refractivity contribution in [3.05, 3.63) is 64.5 Å². The lowest BCUT2D eigenvalue weighted by Crippen LogP contribution is -1.96. The van der Waals surface area contributed by atoms with Crippen molar-refractivity contribution in [3.63, 3.8) is 0 Å².